The summed E-state index contributed by atoms with van der Waals surface area (Å²) in [6, 6.07) is 22.1. The fourth-order valence-electron chi connectivity index (χ4n) is 3.74. The average molecular weight is 411 g/mol. The maximum atomic E-state index is 13.5. The van der Waals surface area contributed by atoms with Crippen LogP contribution in [0.3, 0.4) is 0 Å². The Labute approximate surface area is 170 Å². The second-order valence-electron chi connectivity index (χ2n) is 7.18. The van der Waals surface area contributed by atoms with Crippen molar-refractivity contribution in [2.45, 2.75) is 22.7 Å². The summed E-state index contributed by atoms with van der Waals surface area (Å²) in [5.41, 5.74) is 1.77. The normalized spacial score (nSPS) is 19.2. The van der Waals surface area contributed by atoms with E-state index in [4.69, 9.17) is 4.74 Å². The van der Waals surface area contributed by atoms with E-state index in [1.807, 2.05) is 42.5 Å². The van der Waals surface area contributed by atoms with Crippen LogP contribution >= 0.6 is 0 Å². The summed E-state index contributed by atoms with van der Waals surface area (Å²) in [4.78, 5) is 0.131. The van der Waals surface area contributed by atoms with E-state index in [2.05, 4.69) is 5.32 Å². The van der Waals surface area contributed by atoms with Gasteiger partial charge in [0.25, 0.3) is 0 Å². The van der Waals surface area contributed by atoms with Gasteiger partial charge in [0, 0.05) is 6.54 Å². The van der Waals surface area contributed by atoms with Crippen molar-refractivity contribution in [2.24, 2.45) is 0 Å². The van der Waals surface area contributed by atoms with Crippen molar-refractivity contribution in [2.75, 3.05) is 13.1 Å². The number of hydrogen-bond donors (Lipinski definition) is 1. The van der Waals surface area contributed by atoms with Gasteiger partial charge in [-0.25, -0.2) is 12.8 Å². The fourth-order valence-corrected chi connectivity index (χ4v) is 5.79. The molecule has 29 heavy (non-hydrogen) atoms. The minimum Gasteiger partial charge on any atom is -0.489 e. The third-order valence-electron chi connectivity index (χ3n) is 5.38. The summed E-state index contributed by atoms with van der Waals surface area (Å²) in [5.74, 6) is 0.223. The van der Waals surface area contributed by atoms with Gasteiger partial charge in [0.05, 0.1) is 4.90 Å². The van der Waals surface area contributed by atoms with Gasteiger partial charge in [0.15, 0.2) is 9.84 Å². The Bertz CT molecular complexity index is 1060. The van der Waals surface area contributed by atoms with Crippen LogP contribution in [-0.2, 0) is 21.2 Å². The van der Waals surface area contributed by atoms with Crippen molar-refractivity contribution in [1.82, 2.24) is 5.32 Å². The summed E-state index contributed by atoms with van der Waals surface area (Å²) in [6.07, 6.45) is 0.455. The smallest absolute Gasteiger partial charge is 0.189 e. The highest BCUT2D eigenvalue weighted by atomic mass is 32.2. The van der Waals surface area contributed by atoms with Crippen molar-refractivity contribution in [3.63, 3.8) is 0 Å². The number of nitrogens with one attached hydrogen (secondary N) is 1. The predicted molar refractivity (Wildman–Crippen MR) is 110 cm³/mol. The monoisotopic (exact) mass is 411 g/mol. The number of halogens is 1. The lowest BCUT2D eigenvalue weighted by Gasteiger charge is -2.29. The molecule has 0 saturated carbocycles. The van der Waals surface area contributed by atoms with E-state index in [0.29, 0.717) is 37.4 Å². The van der Waals surface area contributed by atoms with Crippen molar-refractivity contribution >= 4 is 9.84 Å². The molecular formula is C23H22FNO3S. The quantitative estimate of drug-likeness (QED) is 0.622. The SMILES string of the molecule is O=S(=O)(c1ccc(F)cc1)C1(c2ccc(OCc3ccccc3)cc2)CCNC1. The molecular weight excluding hydrogens is 389 g/mol. The molecule has 0 aliphatic carbocycles. The molecule has 0 aromatic heterocycles. The molecule has 4 nitrogen and oxygen atoms in total. The van der Waals surface area contributed by atoms with Crippen molar-refractivity contribution < 1.29 is 17.5 Å². The molecule has 1 fully saturated rings. The maximum Gasteiger partial charge on any atom is 0.189 e. The van der Waals surface area contributed by atoms with Gasteiger partial charge >= 0.3 is 0 Å². The first-order valence-corrected chi connectivity index (χ1v) is 11.0. The van der Waals surface area contributed by atoms with Crippen LogP contribution in [0.1, 0.15) is 17.5 Å². The molecule has 1 aliphatic rings. The first kappa shape index (κ1) is 19.6. The van der Waals surface area contributed by atoms with E-state index >= 15 is 0 Å². The van der Waals surface area contributed by atoms with E-state index < -0.39 is 20.4 Å². The number of ether oxygens (including phenoxy) is 1. The molecule has 0 amide bonds. The van der Waals surface area contributed by atoms with Gasteiger partial charge in [-0.1, -0.05) is 42.5 Å². The molecule has 1 atom stereocenters. The molecule has 0 radical (unpaired) electrons. The van der Waals surface area contributed by atoms with E-state index in [0.717, 1.165) is 5.56 Å². The molecule has 0 bridgehead atoms. The van der Waals surface area contributed by atoms with Crippen LogP contribution in [-0.4, -0.2) is 21.5 Å². The Morgan fingerprint density at radius 3 is 2.24 bits per heavy atom. The van der Waals surface area contributed by atoms with E-state index in [-0.39, 0.29) is 4.90 Å². The summed E-state index contributed by atoms with van der Waals surface area (Å²) in [6.45, 7) is 1.37. The van der Waals surface area contributed by atoms with Crippen LogP contribution in [0.15, 0.2) is 83.8 Å². The van der Waals surface area contributed by atoms with Gasteiger partial charge in [-0.15, -0.1) is 0 Å². The van der Waals surface area contributed by atoms with Gasteiger partial charge in [-0.05, 0) is 60.5 Å². The number of hydrogen-bond acceptors (Lipinski definition) is 4. The predicted octanol–water partition coefficient (Wildman–Crippen LogP) is 4.07. The van der Waals surface area contributed by atoms with Gasteiger partial charge in [0.1, 0.15) is 22.9 Å². The molecule has 1 aliphatic heterocycles. The molecule has 1 N–H and O–H groups in total. The third kappa shape index (κ3) is 3.78. The fraction of sp³-hybridized carbons (Fsp3) is 0.217. The summed E-state index contributed by atoms with van der Waals surface area (Å²) >= 11 is 0. The van der Waals surface area contributed by atoms with E-state index in [1.54, 1.807) is 12.1 Å². The van der Waals surface area contributed by atoms with Crippen LogP contribution in [0, 0.1) is 5.82 Å². The van der Waals surface area contributed by atoms with Crippen molar-refractivity contribution in [1.29, 1.82) is 0 Å². The second kappa shape index (κ2) is 7.97. The van der Waals surface area contributed by atoms with Crippen molar-refractivity contribution in [3.05, 3.63) is 95.8 Å². The lowest BCUT2D eigenvalue weighted by atomic mass is 9.97. The zero-order valence-electron chi connectivity index (χ0n) is 15.8. The highest BCUT2D eigenvalue weighted by Gasteiger charge is 2.48. The first-order chi connectivity index (χ1) is 14.0. The number of rotatable bonds is 6. The molecule has 3 aromatic rings. The Balaban J connectivity index is 1.61. The minimum atomic E-state index is -3.71. The second-order valence-corrected chi connectivity index (χ2v) is 9.44. The third-order valence-corrected chi connectivity index (χ3v) is 7.89. The minimum absolute atomic E-state index is 0.131. The number of benzene rings is 3. The standard InChI is InChI=1S/C23H22FNO3S/c24-20-8-12-22(13-9-20)29(26,27)23(14-15-25-17-23)19-6-10-21(11-7-19)28-16-18-4-2-1-3-5-18/h1-13,25H,14-17H2. The summed E-state index contributed by atoms with van der Waals surface area (Å²) in [5, 5.41) is 3.18. The van der Waals surface area contributed by atoms with Crippen LogP contribution in [0.5, 0.6) is 5.75 Å². The average Bonchev–Trinajstić information content (AvgIpc) is 3.26. The molecule has 0 spiro atoms. The van der Waals surface area contributed by atoms with Gasteiger partial charge < -0.3 is 10.1 Å². The first-order valence-electron chi connectivity index (χ1n) is 9.49. The highest BCUT2D eigenvalue weighted by molar-refractivity contribution is 7.92. The van der Waals surface area contributed by atoms with E-state index in [9.17, 15) is 12.8 Å². The van der Waals surface area contributed by atoms with E-state index in [1.165, 1.54) is 24.3 Å². The van der Waals surface area contributed by atoms with Crippen LogP contribution in [0.25, 0.3) is 0 Å². The summed E-state index contributed by atoms with van der Waals surface area (Å²) in [7, 11) is -3.71. The largest absolute Gasteiger partial charge is 0.489 e. The van der Waals surface area contributed by atoms with Crippen LogP contribution in [0.2, 0.25) is 0 Å². The Kier molecular flexibility index (Phi) is 5.39. The van der Waals surface area contributed by atoms with Gasteiger partial charge in [0.2, 0.25) is 0 Å². The van der Waals surface area contributed by atoms with Crippen LogP contribution in [0.4, 0.5) is 4.39 Å². The topological polar surface area (TPSA) is 55.4 Å². The van der Waals surface area contributed by atoms with Crippen LogP contribution < -0.4 is 10.1 Å². The lowest BCUT2D eigenvalue weighted by molar-refractivity contribution is 0.306. The highest BCUT2D eigenvalue weighted by Crippen LogP contribution is 2.41. The number of sulfone groups is 1. The molecule has 3 aromatic carbocycles. The Morgan fingerprint density at radius 2 is 1.62 bits per heavy atom. The molecule has 4 rings (SSSR count). The zero-order chi connectivity index (χ0) is 20.3. The summed E-state index contributed by atoms with van der Waals surface area (Å²) < 4.78 is 45.0. The molecule has 1 heterocycles. The Hall–Kier alpha value is -2.70. The lowest BCUT2D eigenvalue weighted by Crippen LogP contribution is -2.38. The molecule has 1 saturated heterocycles. The van der Waals surface area contributed by atoms with Gasteiger partial charge in [-0.3, -0.25) is 0 Å². The molecule has 1 unspecified atom stereocenters. The van der Waals surface area contributed by atoms with Crippen molar-refractivity contribution in [3.8, 4) is 5.75 Å². The maximum absolute atomic E-state index is 13.5. The Morgan fingerprint density at radius 1 is 0.931 bits per heavy atom. The van der Waals surface area contributed by atoms with Gasteiger partial charge in [-0.2, -0.15) is 0 Å². The zero-order valence-corrected chi connectivity index (χ0v) is 16.7. The molecule has 150 valence electrons. The molecule has 6 heteroatoms.